The standard InChI is InChI=1S/C28H36N2O7Si/c1-19-17-30(27(34)29-25(19)33)26-24(35-16-15-31)23(32)22(37-26)18-36-38(28(2,3)4,20-11-7-5-8-12-20)21-13-9-6-10-14-21/h5-14,17,22-24,26,31-32H,15-16,18H2,1-4H3,(H,29,33,34)/t22-,23?,24?,26-/m0/s1. The lowest BCUT2D eigenvalue weighted by Crippen LogP contribution is -2.67. The van der Waals surface area contributed by atoms with Crippen LogP contribution in [0.1, 0.15) is 32.6 Å². The molecule has 3 N–H and O–H groups in total. The van der Waals surface area contributed by atoms with E-state index in [4.69, 9.17) is 13.9 Å². The van der Waals surface area contributed by atoms with E-state index in [2.05, 4.69) is 50.0 Å². The molecule has 1 fully saturated rings. The average Bonchev–Trinajstić information content (AvgIpc) is 3.20. The number of aliphatic hydroxyl groups is 2. The Labute approximate surface area is 222 Å². The molecule has 0 radical (unpaired) electrons. The molecular weight excluding hydrogens is 504 g/mol. The van der Waals surface area contributed by atoms with Crippen molar-refractivity contribution < 1.29 is 24.1 Å². The Morgan fingerprint density at radius 2 is 1.61 bits per heavy atom. The number of nitrogens with one attached hydrogen (secondary N) is 1. The molecule has 204 valence electrons. The van der Waals surface area contributed by atoms with E-state index in [-0.39, 0.29) is 24.9 Å². The van der Waals surface area contributed by atoms with Gasteiger partial charge < -0.3 is 24.1 Å². The van der Waals surface area contributed by atoms with Crippen molar-refractivity contribution in [1.82, 2.24) is 9.55 Å². The highest BCUT2D eigenvalue weighted by molar-refractivity contribution is 6.99. The Kier molecular flexibility index (Phi) is 8.51. The number of ether oxygens (including phenoxy) is 2. The molecule has 38 heavy (non-hydrogen) atoms. The summed E-state index contributed by atoms with van der Waals surface area (Å²) in [5, 5.41) is 22.5. The zero-order chi connectivity index (χ0) is 27.5. The summed E-state index contributed by atoms with van der Waals surface area (Å²) in [6.45, 7) is 7.77. The molecule has 0 amide bonds. The molecule has 1 aliphatic heterocycles. The number of H-pyrrole nitrogens is 1. The first-order valence-corrected chi connectivity index (χ1v) is 14.6. The fourth-order valence-corrected chi connectivity index (χ4v) is 9.76. The lowest BCUT2D eigenvalue weighted by molar-refractivity contribution is -0.0792. The van der Waals surface area contributed by atoms with Crippen LogP contribution in [0.4, 0.5) is 0 Å². The molecule has 2 heterocycles. The van der Waals surface area contributed by atoms with Crippen molar-refractivity contribution in [2.45, 2.75) is 57.3 Å². The molecule has 1 aliphatic rings. The van der Waals surface area contributed by atoms with Crippen LogP contribution >= 0.6 is 0 Å². The van der Waals surface area contributed by atoms with E-state index in [0.717, 1.165) is 10.4 Å². The topological polar surface area (TPSA) is 123 Å². The Balaban J connectivity index is 1.72. The van der Waals surface area contributed by atoms with E-state index < -0.39 is 44.1 Å². The summed E-state index contributed by atoms with van der Waals surface area (Å²) in [5.41, 5.74) is -0.858. The van der Waals surface area contributed by atoms with Gasteiger partial charge in [0.05, 0.1) is 19.8 Å². The largest absolute Gasteiger partial charge is 0.405 e. The van der Waals surface area contributed by atoms with Crippen LogP contribution in [0.3, 0.4) is 0 Å². The summed E-state index contributed by atoms with van der Waals surface area (Å²) >= 11 is 0. The first-order valence-electron chi connectivity index (χ1n) is 12.7. The molecule has 1 saturated heterocycles. The van der Waals surface area contributed by atoms with Gasteiger partial charge in [0.25, 0.3) is 13.9 Å². The summed E-state index contributed by atoms with van der Waals surface area (Å²) in [4.78, 5) is 26.8. The number of rotatable bonds is 9. The monoisotopic (exact) mass is 540 g/mol. The zero-order valence-electron chi connectivity index (χ0n) is 22.2. The number of hydrogen-bond donors (Lipinski definition) is 3. The van der Waals surface area contributed by atoms with E-state index in [1.165, 1.54) is 10.8 Å². The van der Waals surface area contributed by atoms with Crippen molar-refractivity contribution in [3.8, 4) is 0 Å². The zero-order valence-corrected chi connectivity index (χ0v) is 23.2. The van der Waals surface area contributed by atoms with Crippen molar-refractivity contribution in [2.75, 3.05) is 19.8 Å². The van der Waals surface area contributed by atoms with Gasteiger partial charge in [0.15, 0.2) is 6.23 Å². The molecular formula is C28H36N2O7Si. The minimum Gasteiger partial charge on any atom is -0.405 e. The molecule has 0 spiro atoms. The predicted molar refractivity (Wildman–Crippen MR) is 146 cm³/mol. The highest BCUT2D eigenvalue weighted by Gasteiger charge is 2.52. The number of hydrogen-bond acceptors (Lipinski definition) is 7. The van der Waals surface area contributed by atoms with Gasteiger partial charge in [0, 0.05) is 11.8 Å². The van der Waals surface area contributed by atoms with Crippen molar-refractivity contribution in [3.63, 3.8) is 0 Å². The highest BCUT2D eigenvalue weighted by atomic mass is 28.4. The molecule has 0 saturated carbocycles. The third-order valence-corrected chi connectivity index (χ3v) is 12.0. The lowest BCUT2D eigenvalue weighted by atomic mass is 10.1. The van der Waals surface area contributed by atoms with Gasteiger partial charge in [-0.2, -0.15) is 0 Å². The number of aromatic amines is 1. The second-order valence-corrected chi connectivity index (χ2v) is 14.9. The van der Waals surface area contributed by atoms with E-state index in [1.807, 2.05) is 36.4 Å². The van der Waals surface area contributed by atoms with Crippen LogP contribution in [0.5, 0.6) is 0 Å². The van der Waals surface area contributed by atoms with Crippen LogP contribution in [0.15, 0.2) is 76.4 Å². The average molecular weight is 541 g/mol. The normalized spacial score (nSPS) is 22.1. The number of aryl methyl sites for hydroxylation is 1. The second-order valence-electron chi connectivity index (χ2n) is 10.6. The van der Waals surface area contributed by atoms with Crippen LogP contribution in [-0.2, 0) is 13.9 Å². The molecule has 1 aromatic heterocycles. The first kappa shape index (κ1) is 28.2. The minimum absolute atomic E-state index is 0.0427. The van der Waals surface area contributed by atoms with E-state index in [0.29, 0.717) is 5.56 Å². The van der Waals surface area contributed by atoms with Crippen molar-refractivity contribution in [1.29, 1.82) is 0 Å². The predicted octanol–water partition coefficient (Wildman–Crippen LogP) is 1.06. The summed E-state index contributed by atoms with van der Waals surface area (Å²) in [7, 11) is -2.91. The van der Waals surface area contributed by atoms with Gasteiger partial charge >= 0.3 is 5.69 Å². The number of aliphatic hydroxyl groups excluding tert-OH is 2. The maximum absolute atomic E-state index is 12.6. The van der Waals surface area contributed by atoms with Crippen LogP contribution in [-0.4, -0.2) is 66.2 Å². The van der Waals surface area contributed by atoms with Crippen molar-refractivity contribution >= 4 is 18.7 Å². The Bertz CT molecular complexity index is 1280. The molecule has 4 atom stereocenters. The van der Waals surface area contributed by atoms with Crippen LogP contribution in [0, 0.1) is 6.92 Å². The Hall–Kier alpha value is -2.86. The maximum atomic E-state index is 12.6. The molecule has 9 nitrogen and oxygen atoms in total. The number of benzene rings is 2. The molecule has 4 rings (SSSR count). The fourth-order valence-electron chi connectivity index (χ4n) is 5.19. The van der Waals surface area contributed by atoms with E-state index in [9.17, 15) is 19.8 Å². The van der Waals surface area contributed by atoms with E-state index in [1.54, 1.807) is 6.92 Å². The summed E-state index contributed by atoms with van der Waals surface area (Å²) in [6.07, 6.45) is -2.57. The Morgan fingerprint density at radius 1 is 1.03 bits per heavy atom. The van der Waals surface area contributed by atoms with Crippen molar-refractivity contribution in [2.24, 2.45) is 0 Å². The van der Waals surface area contributed by atoms with Crippen LogP contribution < -0.4 is 21.6 Å². The summed E-state index contributed by atoms with van der Waals surface area (Å²) in [6, 6.07) is 20.2. The molecule has 2 aromatic carbocycles. The fraction of sp³-hybridized carbons (Fsp3) is 0.429. The maximum Gasteiger partial charge on any atom is 0.330 e. The van der Waals surface area contributed by atoms with Crippen LogP contribution in [0.25, 0.3) is 0 Å². The quantitative estimate of drug-likeness (QED) is 0.347. The van der Waals surface area contributed by atoms with Crippen molar-refractivity contribution in [3.05, 3.63) is 93.3 Å². The van der Waals surface area contributed by atoms with Gasteiger partial charge in [-0.3, -0.25) is 14.3 Å². The van der Waals surface area contributed by atoms with Gasteiger partial charge in [-0.05, 0) is 22.3 Å². The smallest absolute Gasteiger partial charge is 0.330 e. The third-order valence-electron chi connectivity index (χ3n) is 7.02. The second kappa shape index (κ2) is 11.5. The molecule has 10 heteroatoms. The summed E-state index contributed by atoms with van der Waals surface area (Å²) < 4.78 is 20.1. The van der Waals surface area contributed by atoms with E-state index >= 15 is 0 Å². The van der Waals surface area contributed by atoms with Gasteiger partial charge in [-0.15, -0.1) is 0 Å². The van der Waals surface area contributed by atoms with Gasteiger partial charge in [-0.1, -0.05) is 81.4 Å². The third kappa shape index (κ3) is 5.33. The van der Waals surface area contributed by atoms with Gasteiger partial charge in [0.2, 0.25) is 0 Å². The number of aromatic nitrogens is 2. The first-order chi connectivity index (χ1) is 18.1. The lowest BCUT2D eigenvalue weighted by Gasteiger charge is -2.43. The van der Waals surface area contributed by atoms with Crippen LogP contribution in [0.2, 0.25) is 5.04 Å². The number of nitrogens with zero attached hydrogens (tertiary/aromatic N) is 1. The molecule has 0 bridgehead atoms. The van der Waals surface area contributed by atoms with Gasteiger partial charge in [0.1, 0.15) is 18.3 Å². The molecule has 2 unspecified atom stereocenters. The molecule has 3 aromatic rings. The summed E-state index contributed by atoms with van der Waals surface area (Å²) in [5.74, 6) is 0. The highest BCUT2D eigenvalue weighted by Crippen LogP contribution is 2.38. The SMILES string of the molecule is Cc1cn([C@H]2O[C@@H](CO[Si](c3ccccc3)(c3ccccc3)C(C)(C)C)C(O)C2OCCO)c(=O)[nH]c1=O. The molecule has 0 aliphatic carbocycles. The van der Waals surface area contributed by atoms with Gasteiger partial charge in [-0.25, -0.2) is 4.79 Å². The minimum atomic E-state index is -2.91. The Morgan fingerprint density at radius 3 is 2.13 bits per heavy atom.